The smallest absolute Gasteiger partial charge is 0.234 e. The number of hydrazine groups is 1. The Morgan fingerprint density at radius 3 is 2.18 bits per heavy atom. The number of carbonyl (C=O) groups is 1. The van der Waals surface area contributed by atoms with Gasteiger partial charge in [-0.2, -0.15) is 0 Å². The Bertz CT molecular complexity index is 121. The zero-order valence-electron chi connectivity index (χ0n) is 7.77. The standard InChI is InChI=1S/C8H18N2O/c1-6(2)5-8(11)10-9-7(3)4/h6-7,9H,5H2,1-4H3,(H,10,11). The van der Waals surface area contributed by atoms with Crippen LogP contribution in [0.5, 0.6) is 0 Å². The molecule has 0 aliphatic heterocycles. The summed E-state index contributed by atoms with van der Waals surface area (Å²) in [7, 11) is 0. The SMILES string of the molecule is CC(C)CC(=O)NNC(C)C. The van der Waals surface area contributed by atoms with Crippen LogP contribution in [0.2, 0.25) is 0 Å². The lowest BCUT2D eigenvalue weighted by atomic mass is 10.1. The molecule has 0 aromatic rings. The molecule has 0 atom stereocenters. The van der Waals surface area contributed by atoms with Crippen molar-refractivity contribution < 1.29 is 4.79 Å². The molecule has 11 heavy (non-hydrogen) atoms. The van der Waals surface area contributed by atoms with E-state index in [9.17, 15) is 4.79 Å². The van der Waals surface area contributed by atoms with Crippen molar-refractivity contribution in [1.82, 2.24) is 10.9 Å². The molecule has 0 saturated carbocycles. The highest BCUT2D eigenvalue weighted by atomic mass is 16.2. The third-order valence-corrected chi connectivity index (χ3v) is 1.09. The van der Waals surface area contributed by atoms with Crippen molar-refractivity contribution in [2.75, 3.05) is 0 Å². The minimum absolute atomic E-state index is 0.0636. The van der Waals surface area contributed by atoms with Crippen LogP contribution in [0.3, 0.4) is 0 Å². The third kappa shape index (κ3) is 7.33. The van der Waals surface area contributed by atoms with Gasteiger partial charge >= 0.3 is 0 Å². The van der Waals surface area contributed by atoms with Crippen LogP contribution in [0, 0.1) is 5.92 Å². The first-order valence-corrected chi connectivity index (χ1v) is 4.06. The monoisotopic (exact) mass is 158 g/mol. The van der Waals surface area contributed by atoms with Gasteiger partial charge in [0.2, 0.25) is 5.91 Å². The van der Waals surface area contributed by atoms with Crippen molar-refractivity contribution >= 4 is 5.91 Å². The van der Waals surface area contributed by atoms with Gasteiger partial charge in [0.05, 0.1) is 0 Å². The average molecular weight is 158 g/mol. The van der Waals surface area contributed by atoms with Crippen LogP contribution < -0.4 is 10.9 Å². The van der Waals surface area contributed by atoms with Crippen molar-refractivity contribution in [1.29, 1.82) is 0 Å². The van der Waals surface area contributed by atoms with Gasteiger partial charge in [-0.05, 0) is 19.8 Å². The molecule has 0 aliphatic carbocycles. The Labute approximate surface area is 68.5 Å². The first-order chi connectivity index (χ1) is 5.02. The lowest BCUT2D eigenvalue weighted by molar-refractivity contribution is -0.122. The summed E-state index contributed by atoms with van der Waals surface area (Å²) in [6.07, 6.45) is 0.583. The van der Waals surface area contributed by atoms with Crippen molar-refractivity contribution in [2.45, 2.75) is 40.2 Å². The van der Waals surface area contributed by atoms with Crippen molar-refractivity contribution in [3.63, 3.8) is 0 Å². The van der Waals surface area contributed by atoms with Crippen molar-refractivity contribution in [2.24, 2.45) is 5.92 Å². The van der Waals surface area contributed by atoms with E-state index in [1.807, 2.05) is 27.7 Å². The zero-order valence-corrected chi connectivity index (χ0v) is 7.77. The molecular weight excluding hydrogens is 140 g/mol. The molecule has 66 valence electrons. The molecular formula is C8H18N2O. The van der Waals surface area contributed by atoms with E-state index in [0.29, 0.717) is 18.4 Å². The highest BCUT2D eigenvalue weighted by molar-refractivity contribution is 5.75. The molecule has 2 N–H and O–H groups in total. The topological polar surface area (TPSA) is 41.1 Å². The van der Waals surface area contributed by atoms with E-state index in [-0.39, 0.29) is 5.91 Å². The molecule has 0 rings (SSSR count). The molecule has 0 aliphatic rings. The Hall–Kier alpha value is -0.570. The number of amides is 1. The number of carbonyl (C=O) groups excluding carboxylic acids is 1. The van der Waals surface area contributed by atoms with E-state index in [1.54, 1.807) is 0 Å². The number of rotatable bonds is 4. The zero-order chi connectivity index (χ0) is 8.85. The van der Waals surface area contributed by atoms with Crippen LogP contribution in [0.15, 0.2) is 0 Å². The van der Waals surface area contributed by atoms with Gasteiger partial charge in [0.15, 0.2) is 0 Å². The maximum atomic E-state index is 11.0. The molecule has 0 bridgehead atoms. The largest absolute Gasteiger partial charge is 0.291 e. The summed E-state index contributed by atoms with van der Waals surface area (Å²) >= 11 is 0. The van der Waals surface area contributed by atoms with Crippen LogP contribution in [-0.2, 0) is 4.79 Å². The summed E-state index contributed by atoms with van der Waals surface area (Å²) in [4.78, 5) is 11.0. The molecule has 0 heterocycles. The highest BCUT2D eigenvalue weighted by Gasteiger charge is 2.03. The second-order valence-corrected chi connectivity index (χ2v) is 3.45. The summed E-state index contributed by atoms with van der Waals surface area (Å²) in [5, 5.41) is 0. The average Bonchev–Trinajstić information content (AvgIpc) is 1.82. The summed E-state index contributed by atoms with van der Waals surface area (Å²) in [5.74, 6) is 0.484. The molecule has 0 saturated heterocycles. The van der Waals surface area contributed by atoms with Crippen LogP contribution in [0.1, 0.15) is 34.1 Å². The number of hydrogen-bond acceptors (Lipinski definition) is 2. The first kappa shape index (κ1) is 10.4. The second kappa shape index (κ2) is 5.13. The molecule has 0 aromatic carbocycles. The van der Waals surface area contributed by atoms with Gasteiger partial charge in [0.1, 0.15) is 0 Å². The van der Waals surface area contributed by atoms with E-state index in [4.69, 9.17) is 0 Å². The molecule has 1 amide bonds. The summed E-state index contributed by atoms with van der Waals surface area (Å²) in [6.45, 7) is 8.01. The van der Waals surface area contributed by atoms with Gasteiger partial charge in [0, 0.05) is 12.5 Å². The molecule has 0 fully saturated rings. The van der Waals surface area contributed by atoms with E-state index in [2.05, 4.69) is 10.9 Å². The molecule has 0 spiro atoms. The number of hydrogen-bond donors (Lipinski definition) is 2. The van der Waals surface area contributed by atoms with Crippen LogP contribution in [0.4, 0.5) is 0 Å². The Kier molecular flexibility index (Phi) is 4.86. The van der Waals surface area contributed by atoms with Crippen molar-refractivity contribution in [3.8, 4) is 0 Å². The first-order valence-electron chi connectivity index (χ1n) is 4.06. The Balaban J connectivity index is 3.38. The van der Waals surface area contributed by atoms with Gasteiger partial charge in [0.25, 0.3) is 0 Å². The fourth-order valence-corrected chi connectivity index (χ4v) is 0.647. The van der Waals surface area contributed by atoms with Gasteiger partial charge < -0.3 is 0 Å². The molecule has 0 radical (unpaired) electrons. The predicted molar refractivity (Wildman–Crippen MR) is 45.9 cm³/mol. The molecule has 3 nitrogen and oxygen atoms in total. The maximum Gasteiger partial charge on any atom is 0.234 e. The van der Waals surface area contributed by atoms with Crippen LogP contribution >= 0.6 is 0 Å². The molecule has 0 aromatic heterocycles. The van der Waals surface area contributed by atoms with Gasteiger partial charge in [-0.3, -0.25) is 10.2 Å². The fraction of sp³-hybridized carbons (Fsp3) is 0.875. The number of nitrogens with one attached hydrogen (secondary N) is 2. The van der Waals surface area contributed by atoms with E-state index in [0.717, 1.165) is 0 Å². The van der Waals surface area contributed by atoms with Crippen LogP contribution in [0.25, 0.3) is 0 Å². The minimum atomic E-state index is 0.0636. The summed E-state index contributed by atoms with van der Waals surface area (Å²) in [6, 6.07) is 0.297. The fourth-order valence-electron chi connectivity index (χ4n) is 0.647. The lowest BCUT2D eigenvalue weighted by Crippen LogP contribution is -2.41. The lowest BCUT2D eigenvalue weighted by Gasteiger charge is -2.10. The van der Waals surface area contributed by atoms with Gasteiger partial charge in [-0.1, -0.05) is 13.8 Å². The predicted octanol–water partition coefficient (Wildman–Crippen LogP) is 1.06. The molecule has 0 unspecified atom stereocenters. The van der Waals surface area contributed by atoms with E-state index in [1.165, 1.54) is 0 Å². The van der Waals surface area contributed by atoms with Gasteiger partial charge in [-0.25, -0.2) is 5.43 Å². The van der Waals surface area contributed by atoms with Crippen LogP contribution in [-0.4, -0.2) is 11.9 Å². The maximum absolute atomic E-state index is 11.0. The third-order valence-electron chi connectivity index (χ3n) is 1.09. The van der Waals surface area contributed by atoms with Crippen molar-refractivity contribution in [3.05, 3.63) is 0 Å². The van der Waals surface area contributed by atoms with E-state index >= 15 is 0 Å². The normalized spacial score (nSPS) is 10.7. The summed E-state index contributed by atoms with van der Waals surface area (Å²) < 4.78 is 0. The Morgan fingerprint density at radius 1 is 1.27 bits per heavy atom. The minimum Gasteiger partial charge on any atom is -0.291 e. The summed E-state index contributed by atoms with van der Waals surface area (Å²) in [5.41, 5.74) is 5.48. The second-order valence-electron chi connectivity index (χ2n) is 3.45. The highest BCUT2D eigenvalue weighted by Crippen LogP contribution is 1.97. The molecule has 3 heteroatoms. The van der Waals surface area contributed by atoms with E-state index < -0.39 is 0 Å². The quantitative estimate of drug-likeness (QED) is 0.601. The Morgan fingerprint density at radius 2 is 1.82 bits per heavy atom. The van der Waals surface area contributed by atoms with Gasteiger partial charge in [-0.15, -0.1) is 0 Å².